The number of benzene rings is 1. The first-order valence-corrected chi connectivity index (χ1v) is 12.9. The molecule has 0 amide bonds. The van der Waals surface area contributed by atoms with Gasteiger partial charge in [0.2, 0.25) is 5.95 Å². The molecular weight excluding hydrogens is 498 g/mol. The van der Waals surface area contributed by atoms with E-state index in [4.69, 9.17) is 9.47 Å². The molecule has 12 heteroatoms. The second-order valence-electron chi connectivity index (χ2n) is 8.64. The third kappa shape index (κ3) is 6.33. The van der Waals surface area contributed by atoms with Crippen molar-refractivity contribution in [3.8, 4) is 17.1 Å². The first-order valence-electron chi connectivity index (χ1n) is 12.9. The fourth-order valence-electron chi connectivity index (χ4n) is 3.98. The average Bonchev–Trinajstić information content (AvgIpc) is 3.48. The summed E-state index contributed by atoms with van der Waals surface area (Å²) in [6.45, 7) is 14.0. The van der Waals surface area contributed by atoms with E-state index in [2.05, 4.69) is 49.6 Å². The molecule has 0 aliphatic rings. The Morgan fingerprint density at radius 2 is 1.85 bits per heavy atom. The number of nitrogens with zero attached hydrogens (tertiary/aromatic N) is 7. The molecule has 208 valence electrons. The number of carbonyl (C=O) groups is 1. The molecule has 0 aliphatic carbocycles. The van der Waals surface area contributed by atoms with E-state index in [0.29, 0.717) is 28.8 Å². The quantitative estimate of drug-likeness (QED) is 0.270. The van der Waals surface area contributed by atoms with E-state index in [0.717, 1.165) is 17.1 Å². The fourth-order valence-corrected chi connectivity index (χ4v) is 3.98. The summed E-state index contributed by atoms with van der Waals surface area (Å²) in [6, 6.07) is 5.72. The second kappa shape index (κ2) is 12.9. The summed E-state index contributed by atoms with van der Waals surface area (Å²) < 4.78 is 14.5. The van der Waals surface area contributed by atoms with Crippen LogP contribution in [0.25, 0.3) is 11.4 Å². The molecule has 0 atom stereocenters. The number of methoxy groups -OCH3 is 1. The molecule has 0 aliphatic heterocycles. The van der Waals surface area contributed by atoms with Crippen LogP contribution in [-0.4, -0.2) is 54.2 Å². The molecule has 1 aromatic carbocycles. The van der Waals surface area contributed by atoms with Crippen LogP contribution in [0.5, 0.6) is 5.75 Å². The predicted octanol–water partition coefficient (Wildman–Crippen LogP) is 5.37. The number of esters is 1. The van der Waals surface area contributed by atoms with Gasteiger partial charge in [0.15, 0.2) is 17.4 Å². The number of hydrogen-bond donors (Lipinski definition) is 2. The van der Waals surface area contributed by atoms with Gasteiger partial charge in [0.25, 0.3) is 0 Å². The van der Waals surface area contributed by atoms with Gasteiger partial charge in [0, 0.05) is 19.3 Å². The molecule has 0 spiro atoms. The number of hydrogen-bond acceptors (Lipinski definition) is 10. The van der Waals surface area contributed by atoms with Crippen molar-refractivity contribution < 1.29 is 14.3 Å². The lowest BCUT2D eigenvalue weighted by molar-refractivity contribution is 0.0526. The minimum Gasteiger partial charge on any atom is -0.494 e. The Hall–Kier alpha value is -4.48. The SMILES string of the molecule is CC.CCOC(=O)c1cnc(Nc2c(C)nn(C(C)C)c2C)nc1Nc1cccc(-c2ncn(C)n2)c1OC. The van der Waals surface area contributed by atoms with Crippen molar-refractivity contribution in [2.24, 2.45) is 7.05 Å². The second-order valence-corrected chi connectivity index (χ2v) is 8.64. The van der Waals surface area contributed by atoms with E-state index in [9.17, 15) is 4.79 Å². The molecule has 4 aromatic rings. The van der Waals surface area contributed by atoms with Crippen molar-refractivity contribution in [3.63, 3.8) is 0 Å². The van der Waals surface area contributed by atoms with E-state index in [1.54, 1.807) is 32.1 Å². The Labute approximate surface area is 228 Å². The first-order chi connectivity index (χ1) is 18.7. The van der Waals surface area contributed by atoms with Crippen molar-refractivity contribution in [2.75, 3.05) is 24.4 Å². The zero-order valence-electron chi connectivity index (χ0n) is 24.0. The monoisotopic (exact) mass is 535 g/mol. The van der Waals surface area contributed by atoms with Crippen LogP contribution in [0.2, 0.25) is 0 Å². The molecule has 0 unspecified atom stereocenters. The summed E-state index contributed by atoms with van der Waals surface area (Å²) >= 11 is 0. The van der Waals surface area contributed by atoms with E-state index in [1.807, 2.05) is 50.6 Å². The van der Waals surface area contributed by atoms with Gasteiger partial charge in [-0.05, 0) is 46.8 Å². The zero-order valence-corrected chi connectivity index (χ0v) is 24.0. The molecular formula is C27H37N9O3. The Bertz CT molecular complexity index is 1430. The number of anilines is 4. The smallest absolute Gasteiger partial charge is 0.343 e. The number of para-hydroxylation sites is 1. The first kappa shape index (κ1) is 29.1. The number of rotatable bonds is 9. The number of aromatic nitrogens is 7. The normalized spacial score (nSPS) is 10.6. The summed E-state index contributed by atoms with van der Waals surface area (Å²) in [5.74, 6) is 1.02. The summed E-state index contributed by atoms with van der Waals surface area (Å²) in [6.07, 6.45) is 3.05. The van der Waals surface area contributed by atoms with E-state index >= 15 is 0 Å². The summed E-state index contributed by atoms with van der Waals surface area (Å²) in [4.78, 5) is 26.1. The topological polar surface area (TPSA) is 134 Å². The third-order valence-electron chi connectivity index (χ3n) is 5.65. The number of carbonyl (C=O) groups excluding carboxylic acids is 1. The maximum absolute atomic E-state index is 12.7. The number of ether oxygens (including phenoxy) is 2. The Morgan fingerprint density at radius 1 is 1.10 bits per heavy atom. The van der Waals surface area contributed by atoms with E-state index in [1.165, 1.54) is 6.20 Å². The van der Waals surface area contributed by atoms with Crippen molar-refractivity contribution in [3.05, 3.63) is 47.7 Å². The molecule has 0 fully saturated rings. The molecule has 39 heavy (non-hydrogen) atoms. The molecule has 0 saturated heterocycles. The largest absolute Gasteiger partial charge is 0.494 e. The van der Waals surface area contributed by atoms with E-state index in [-0.39, 0.29) is 24.0 Å². The minimum atomic E-state index is -0.543. The predicted molar refractivity (Wildman–Crippen MR) is 151 cm³/mol. The lowest BCUT2D eigenvalue weighted by Crippen LogP contribution is -2.12. The summed E-state index contributed by atoms with van der Waals surface area (Å²) in [7, 11) is 3.35. The van der Waals surface area contributed by atoms with Gasteiger partial charge in [-0.3, -0.25) is 9.36 Å². The summed E-state index contributed by atoms with van der Waals surface area (Å²) in [5.41, 5.74) is 4.02. The van der Waals surface area contributed by atoms with Crippen LogP contribution in [0.4, 0.5) is 23.1 Å². The van der Waals surface area contributed by atoms with Crippen molar-refractivity contribution >= 4 is 29.1 Å². The third-order valence-corrected chi connectivity index (χ3v) is 5.65. The molecule has 4 rings (SSSR count). The van der Waals surface area contributed by atoms with Gasteiger partial charge in [-0.15, -0.1) is 0 Å². The maximum atomic E-state index is 12.7. The lowest BCUT2D eigenvalue weighted by atomic mass is 10.1. The lowest BCUT2D eigenvalue weighted by Gasteiger charge is -2.16. The van der Waals surface area contributed by atoms with Gasteiger partial charge in [-0.25, -0.2) is 14.8 Å². The van der Waals surface area contributed by atoms with E-state index < -0.39 is 5.97 Å². The van der Waals surface area contributed by atoms with Crippen LogP contribution < -0.4 is 15.4 Å². The van der Waals surface area contributed by atoms with Crippen LogP contribution >= 0.6 is 0 Å². The molecule has 0 radical (unpaired) electrons. The van der Waals surface area contributed by atoms with Gasteiger partial charge < -0.3 is 20.1 Å². The molecule has 0 saturated carbocycles. The van der Waals surface area contributed by atoms with Crippen molar-refractivity contribution in [1.82, 2.24) is 34.5 Å². The van der Waals surface area contributed by atoms with Crippen LogP contribution in [0.15, 0.2) is 30.7 Å². The van der Waals surface area contributed by atoms with Gasteiger partial charge in [0.05, 0.1) is 42.0 Å². The van der Waals surface area contributed by atoms with Gasteiger partial charge in [0.1, 0.15) is 11.9 Å². The van der Waals surface area contributed by atoms with Gasteiger partial charge >= 0.3 is 5.97 Å². The Balaban J connectivity index is 0.00000205. The molecule has 3 aromatic heterocycles. The molecule has 3 heterocycles. The molecule has 12 nitrogen and oxygen atoms in total. The van der Waals surface area contributed by atoms with Crippen LogP contribution in [0.1, 0.15) is 62.4 Å². The minimum absolute atomic E-state index is 0.183. The highest BCUT2D eigenvalue weighted by Crippen LogP contribution is 2.37. The maximum Gasteiger partial charge on any atom is 0.343 e. The highest BCUT2D eigenvalue weighted by molar-refractivity contribution is 5.96. The van der Waals surface area contributed by atoms with Crippen molar-refractivity contribution in [2.45, 2.75) is 54.5 Å². The standard InChI is InChI=1S/C25H31N9O3.C2H6/c1-8-37-24(35)18-12-26-25(29-20-15(4)31-34(14(2)3)16(20)5)30-23(18)28-19-11-9-10-17(21(19)36-7)22-27-13-33(6)32-22;1-2/h9-14H,8H2,1-7H3,(H2,26,28,29,30);1-2H3. The fraction of sp³-hybridized carbons (Fsp3) is 0.407. The average molecular weight is 536 g/mol. The highest BCUT2D eigenvalue weighted by atomic mass is 16.5. The highest BCUT2D eigenvalue weighted by Gasteiger charge is 2.21. The number of aryl methyl sites for hydroxylation is 2. The van der Waals surface area contributed by atoms with Crippen LogP contribution in [0.3, 0.4) is 0 Å². The van der Waals surface area contributed by atoms with Gasteiger partial charge in [-0.1, -0.05) is 19.9 Å². The van der Waals surface area contributed by atoms with Gasteiger partial charge in [-0.2, -0.15) is 15.2 Å². The Kier molecular flexibility index (Phi) is 9.58. The molecule has 0 bridgehead atoms. The zero-order chi connectivity index (χ0) is 28.7. The number of nitrogens with one attached hydrogen (secondary N) is 2. The molecule has 2 N–H and O–H groups in total. The van der Waals surface area contributed by atoms with Crippen molar-refractivity contribution in [1.29, 1.82) is 0 Å². The van der Waals surface area contributed by atoms with Crippen LogP contribution in [-0.2, 0) is 11.8 Å². The van der Waals surface area contributed by atoms with Crippen LogP contribution in [0, 0.1) is 13.8 Å². The Morgan fingerprint density at radius 3 is 2.44 bits per heavy atom. The summed E-state index contributed by atoms with van der Waals surface area (Å²) in [5, 5.41) is 15.5.